The van der Waals surface area contributed by atoms with E-state index < -0.39 is 11.9 Å². The zero-order chi connectivity index (χ0) is 14.3. The lowest BCUT2D eigenvalue weighted by Gasteiger charge is -2.09. The van der Waals surface area contributed by atoms with Crippen molar-refractivity contribution in [2.45, 2.75) is 24.9 Å². The van der Waals surface area contributed by atoms with Crippen LogP contribution in [0, 0.1) is 0 Å². The van der Waals surface area contributed by atoms with Crippen LogP contribution < -0.4 is 11.3 Å². The van der Waals surface area contributed by atoms with Gasteiger partial charge in [-0.3, -0.25) is 5.43 Å². The molecule has 1 saturated carbocycles. The number of aromatic nitrogens is 4. The van der Waals surface area contributed by atoms with Crippen LogP contribution in [0.15, 0.2) is 18.3 Å². The Hall–Kier alpha value is -2.16. The highest BCUT2D eigenvalue weighted by molar-refractivity contribution is 5.35. The summed E-state index contributed by atoms with van der Waals surface area (Å²) in [5, 5.41) is 4.23. The zero-order valence-corrected chi connectivity index (χ0v) is 10.2. The smallest absolute Gasteiger partial charge is 0.292 e. The fraction of sp³-hybridized carbons (Fsp3) is 0.364. The molecule has 0 saturated heterocycles. The lowest BCUT2D eigenvalue weighted by molar-refractivity contribution is -0.141. The van der Waals surface area contributed by atoms with Crippen molar-refractivity contribution in [3.63, 3.8) is 0 Å². The fourth-order valence-electron chi connectivity index (χ4n) is 1.82. The minimum absolute atomic E-state index is 0.0205. The minimum atomic E-state index is -4.57. The molecule has 0 atom stereocenters. The second kappa shape index (κ2) is 4.44. The largest absolute Gasteiger partial charge is 0.433 e. The number of nitrogens with zero attached hydrogens (tertiary/aromatic N) is 4. The Morgan fingerprint density at radius 2 is 2.05 bits per heavy atom. The standard InChI is InChI=1S/C11H11F3N6/c12-11(13,14)8-5-9(17-10(16-8)18-15)20-4-3-7(19-20)6-1-2-6/h3-6H,1-2,15H2,(H,16,17,18). The van der Waals surface area contributed by atoms with E-state index in [1.54, 1.807) is 12.3 Å². The van der Waals surface area contributed by atoms with Crippen molar-refractivity contribution in [1.29, 1.82) is 0 Å². The predicted octanol–water partition coefficient (Wildman–Crippen LogP) is 1.84. The van der Waals surface area contributed by atoms with E-state index in [0.717, 1.165) is 24.6 Å². The predicted molar refractivity (Wildman–Crippen MR) is 63.9 cm³/mol. The summed E-state index contributed by atoms with van der Waals surface area (Å²) in [4.78, 5) is 7.17. The number of alkyl halides is 3. The number of hydrogen-bond acceptors (Lipinski definition) is 5. The van der Waals surface area contributed by atoms with Gasteiger partial charge in [0.25, 0.3) is 0 Å². The molecule has 0 radical (unpaired) electrons. The molecular formula is C11H11F3N6. The Balaban J connectivity index is 2.02. The SMILES string of the molecule is NNc1nc(-n2ccc(C3CC3)n2)cc(C(F)(F)F)n1. The molecule has 0 spiro atoms. The van der Waals surface area contributed by atoms with Crippen LogP contribution in [0.3, 0.4) is 0 Å². The zero-order valence-electron chi connectivity index (χ0n) is 10.2. The monoisotopic (exact) mass is 284 g/mol. The third kappa shape index (κ3) is 2.44. The summed E-state index contributed by atoms with van der Waals surface area (Å²) in [5.74, 6) is 5.22. The summed E-state index contributed by atoms with van der Waals surface area (Å²) in [6.07, 6.45) is -0.874. The van der Waals surface area contributed by atoms with Crippen molar-refractivity contribution in [3.8, 4) is 5.82 Å². The van der Waals surface area contributed by atoms with Crippen LogP contribution in [0.25, 0.3) is 5.82 Å². The van der Waals surface area contributed by atoms with Gasteiger partial charge in [0.2, 0.25) is 5.95 Å². The quantitative estimate of drug-likeness (QED) is 0.664. The fourth-order valence-corrected chi connectivity index (χ4v) is 1.82. The first kappa shape index (κ1) is 12.9. The third-order valence-electron chi connectivity index (χ3n) is 2.97. The van der Waals surface area contributed by atoms with Gasteiger partial charge in [-0.05, 0) is 18.9 Å². The van der Waals surface area contributed by atoms with Crippen LogP contribution in [-0.2, 0) is 6.18 Å². The van der Waals surface area contributed by atoms with E-state index in [0.29, 0.717) is 5.92 Å². The molecule has 9 heteroatoms. The normalized spacial score (nSPS) is 15.4. The van der Waals surface area contributed by atoms with Gasteiger partial charge < -0.3 is 0 Å². The Morgan fingerprint density at radius 1 is 1.30 bits per heavy atom. The van der Waals surface area contributed by atoms with Crippen molar-refractivity contribution in [2.24, 2.45) is 5.84 Å². The molecule has 3 rings (SSSR count). The maximum Gasteiger partial charge on any atom is 0.433 e. The van der Waals surface area contributed by atoms with Gasteiger partial charge in [-0.2, -0.15) is 23.3 Å². The van der Waals surface area contributed by atoms with E-state index in [9.17, 15) is 13.2 Å². The molecule has 1 aliphatic rings. The van der Waals surface area contributed by atoms with Crippen molar-refractivity contribution < 1.29 is 13.2 Å². The van der Waals surface area contributed by atoms with E-state index in [-0.39, 0.29) is 11.8 Å². The van der Waals surface area contributed by atoms with Gasteiger partial charge in [-0.25, -0.2) is 15.5 Å². The number of rotatable bonds is 3. The summed E-state index contributed by atoms with van der Waals surface area (Å²) in [5.41, 5.74) is 1.82. The number of nitrogen functional groups attached to an aromatic ring is 1. The first-order valence-electron chi connectivity index (χ1n) is 5.96. The van der Waals surface area contributed by atoms with Crippen molar-refractivity contribution in [1.82, 2.24) is 19.7 Å². The van der Waals surface area contributed by atoms with Crippen LogP contribution in [0.1, 0.15) is 30.1 Å². The molecule has 1 aliphatic carbocycles. The van der Waals surface area contributed by atoms with E-state index in [1.807, 2.05) is 5.43 Å². The molecule has 3 N–H and O–H groups in total. The van der Waals surface area contributed by atoms with Crippen LogP contribution in [0.4, 0.5) is 19.1 Å². The lowest BCUT2D eigenvalue weighted by Crippen LogP contribution is -2.17. The minimum Gasteiger partial charge on any atom is -0.292 e. The van der Waals surface area contributed by atoms with Gasteiger partial charge in [0.1, 0.15) is 0 Å². The van der Waals surface area contributed by atoms with Gasteiger partial charge in [0, 0.05) is 18.2 Å². The first-order valence-corrected chi connectivity index (χ1v) is 5.96. The van der Waals surface area contributed by atoms with E-state index in [1.165, 1.54) is 4.68 Å². The molecule has 0 aliphatic heterocycles. The molecular weight excluding hydrogens is 273 g/mol. The van der Waals surface area contributed by atoms with Gasteiger partial charge >= 0.3 is 6.18 Å². The maximum atomic E-state index is 12.8. The number of anilines is 1. The lowest BCUT2D eigenvalue weighted by atomic mass is 10.3. The molecule has 2 aromatic rings. The van der Waals surface area contributed by atoms with Gasteiger partial charge in [0.05, 0.1) is 5.69 Å². The number of hydrogen-bond donors (Lipinski definition) is 2. The number of hydrazine groups is 1. The Kier molecular flexibility index (Phi) is 2.85. The Morgan fingerprint density at radius 3 is 2.65 bits per heavy atom. The highest BCUT2D eigenvalue weighted by Gasteiger charge is 2.34. The summed E-state index contributed by atoms with van der Waals surface area (Å²) in [7, 11) is 0. The molecule has 0 amide bonds. The number of nitrogens with one attached hydrogen (secondary N) is 1. The molecule has 0 aromatic carbocycles. The average molecular weight is 284 g/mol. The third-order valence-corrected chi connectivity index (χ3v) is 2.97. The molecule has 0 bridgehead atoms. The average Bonchev–Trinajstić information content (AvgIpc) is 3.15. The van der Waals surface area contributed by atoms with E-state index in [2.05, 4.69) is 15.1 Å². The van der Waals surface area contributed by atoms with Crippen LogP contribution in [0.2, 0.25) is 0 Å². The number of halogens is 3. The summed E-state index contributed by atoms with van der Waals surface area (Å²) >= 11 is 0. The molecule has 106 valence electrons. The summed E-state index contributed by atoms with van der Waals surface area (Å²) in [6, 6.07) is 2.62. The van der Waals surface area contributed by atoms with Crippen molar-refractivity contribution in [3.05, 3.63) is 29.7 Å². The Bertz CT molecular complexity index is 631. The Labute approximate surface area is 111 Å². The highest BCUT2D eigenvalue weighted by atomic mass is 19.4. The van der Waals surface area contributed by atoms with Crippen LogP contribution >= 0.6 is 0 Å². The maximum absolute atomic E-state index is 12.8. The van der Waals surface area contributed by atoms with Gasteiger partial charge in [-0.1, -0.05) is 0 Å². The second-order valence-electron chi connectivity index (χ2n) is 4.54. The van der Waals surface area contributed by atoms with Crippen LogP contribution in [0.5, 0.6) is 0 Å². The molecule has 20 heavy (non-hydrogen) atoms. The number of nitrogens with two attached hydrogens (primary N) is 1. The molecule has 2 heterocycles. The first-order chi connectivity index (χ1) is 9.47. The molecule has 1 fully saturated rings. The summed E-state index contributed by atoms with van der Waals surface area (Å²) in [6.45, 7) is 0. The topological polar surface area (TPSA) is 81.6 Å². The van der Waals surface area contributed by atoms with E-state index in [4.69, 9.17) is 5.84 Å². The molecule has 2 aromatic heterocycles. The molecule has 0 unspecified atom stereocenters. The van der Waals surface area contributed by atoms with Crippen molar-refractivity contribution >= 4 is 5.95 Å². The van der Waals surface area contributed by atoms with Crippen LogP contribution in [-0.4, -0.2) is 19.7 Å². The highest BCUT2D eigenvalue weighted by Crippen LogP contribution is 2.39. The van der Waals surface area contributed by atoms with Gasteiger partial charge in [0.15, 0.2) is 11.5 Å². The second-order valence-corrected chi connectivity index (χ2v) is 4.54. The van der Waals surface area contributed by atoms with E-state index >= 15 is 0 Å². The summed E-state index contributed by atoms with van der Waals surface area (Å²) < 4.78 is 39.6. The van der Waals surface area contributed by atoms with Gasteiger partial charge in [-0.15, -0.1) is 0 Å². The molecule has 6 nitrogen and oxygen atoms in total. The van der Waals surface area contributed by atoms with Crippen molar-refractivity contribution in [2.75, 3.05) is 5.43 Å².